The number of fused-ring (bicyclic) bond motifs is 4. The van der Waals surface area contributed by atoms with Gasteiger partial charge in [0.1, 0.15) is 5.82 Å². The SMILES string of the molecule is C1=CC(c2ccc(-n3c(-c4ccccc4)nc4ccccc43)cc2)Cc2c1c(-c1ccc3ccccc3c1)c1ccccc1c2-c1ccccc1. The van der Waals surface area contributed by atoms with E-state index in [9.17, 15) is 0 Å². The molecule has 0 spiro atoms. The lowest BCUT2D eigenvalue weighted by atomic mass is 9.76. The third kappa shape index (κ3) is 4.99. The zero-order valence-corrected chi connectivity index (χ0v) is 28.1. The van der Waals surface area contributed by atoms with Gasteiger partial charge >= 0.3 is 0 Å². The fourth-order valence-electron chi connectivity index (χ4n) is 8.17. The molecule has 2 heteroatoms. The second-order valence-electron chi connectivity index (χ2n) is 13.5. The fraction of sp³-hybridized carbons (Fsp3) is 0.0408. The van der Waals surface area contributed by atoms with E-state index in [1.54, 1.807) is 0 Å². The number of para-hydroxylation sites is 2. The van der Waals surface area contributed by atoms with Crippen LogP contribution in [-0.2, 0) is 6.42 Å². The van der Waals surface area contributed by atoms with Gasteiger partial charge in [0.2, 0.25) is 0 Å². The van der Waals surface area contributed by atoms with Gasteiger partial charge < -0.3 is 0 Å². The van der Waals surface area contributed by atoms with Crippen molar-refractivity contribution in [1.82, 2.24) is 9.55 Å². The van der Waals surface area contributed by atoms with Crippen LogP contribution in [0.4, 0.5) is 0 Å². The predicted octanol–water partition coefficient (Wildman–Crippen LogP) is 12.7. The third-order valence-corrected chi connectivity index (χ3v) is 10.6. The van der Waals surface area contributed by atoms with Crippen LogP contribution < -0.4 is 0 Å². The molecule has 0 aliphatic heterocycles. The van der Waals surface area contributed by atoms with Gasteiger partial charge in [0.05, 0.1) is 11.0 Å². The van der Waals surface area contributed by atoms with E-state index in [1.165, 1.54) is 60.5 Å². The van der Waals surface area contributed by atoms with Gasteiger partial charge in [0, 0.05) is 17.2 Å². The van der Waals surface area contributed by atoms with Crippen molar-refractivity contribution < 1.29 is 0 Å². The Morgan fingerprint density at radius 1 is 0.510 bits per heavy atom. The number of imidazole rings is 1. The largest absolute Gasteiger partial charge is 0.292 e. The minimum absolute atomic E-state index is 0.243. The molecule has 9 aromatic rings. The molecule has 0 fully saturated rings. The van der Waals surface area contributed by atoms with Crippen molar-refractivity contribution in [3.8, 4) is 39.3 Å². The summed E-state index contributed by atoms with van der Waals surface area (Å²) in [5.74, 6) is 1.20. The van der Waals surface area contributed by atoms with Gasteiger partial charge in [-0.3, -0.25) is 4.57 Å². The maximum atomic E-state index is 5.06. The molecule has 0 saturated carbocycles. The quantitative estimate of drug-likeness (QED) is 0.181. The fourth-order valence-corrected chi connectivity index (χ4v) is 8.17. The second kappa shape index (κ2) is 12.1. The van der Waals surface area contributed by atoms with Gasteiger partial charge in [0.25, 0.3) is 0 Å². The summed E-state index contributed by atoms with van der Waals surface area (Å²) in [4.78, 5) is 5.06. The van der Waals surface area contributed by atoms with Crippen LogP contribution >= 0.6 is 0 Å². The first-order valence-electron chi connectivity index (χ1n) is 17.7. The van der Waals surface area contributed by atoms with E-state index in [0.717, 1.165) is 34.5 Å². The van der Waals surface area contributed by atoms with E-state index in [4.69, 9.17) is 4.98 Å². The first-order chi connectivity index (χ1) is 25.3. The minimum Gasteiger partial charge on any atom is -0.292 e. The summed E-state index contributed by atoms with van der Waals surface area (Å²) in [7, 11) is 0. The van der Waals surface area contributed by atoms with Crippen molar-refractivity contribution in [3.63, 3.8) is 0 Å². The highest BCUT2D eigenvalue weighted by molar-refractivity contribution is 6.11. The van der Waals surface area contributed by atoms with E-state index < -0.39 is 0 Å². The Morgan fingerprint density at radius 2 is 1.16 bits per heavy atom. The molecular weight excluding hydrogens is 617 g/mol. The molecule has 1 unspecified atom stereocenters. The average molecular weight is 651 g/mol. The number of hydrogen-bond donors (Lipinski definition) is 0. The predicted molar refractivity (Wildman–Crippen MR) is 214 cm³/mol. The van der Waals surface area contributed by atoms with E-state index in [1.807, 2.05) is 0 Å². The summed E-state index contributed by atoms with van der Waals surface area (Å²) in [6, 6.07) is 63.5. The molecule has 10 rings (SSSR count). The Kier molecular flexibility index (Phi) is 6.99. The smallest absolute Gasteiger partial charge is 0.145 e. The lowest BCUT2D eigenvalue weighted by Gasteiger charge is -2.27. The Hall–Kier alpha value is -6.51. The third-order valence-electron chi connectivity index (χ3n) is 10.6. The van der Waals surface area contributed by atoms with Crippen molar-refractivity contribution in [2.45, 2.75) is 12.3 Å². The van der Waals surface area contributed by atoms with Crippen molar-refractivity contribution in [1.29, 1.82) is 0 Å². The highest BCUT2D eigenvalue weighted by Gasteiger charge is 2.26. The summed E-state index contributed by atoms with van der Waals surface area (Å²) in [6.07, 6.45) is 5.75. The van der Waals surface area contributed by atoms with Gasteiger partial charge in [-0.2, -0.15) is 0 Å². The molecule has 0 bridgehead atoms. The zero-order valence-electron chi connectivity index (χ0n) is 28.1. The van der Waals surface area contributed by atoms with Gasteiger partial charge in [-0.15, -0.1) is 0 Å². The summed E-state index contributed by atoms with van der Waals surface area (Å²) >= 11 is 0. The number of allylic oxidation sites excluding steroid dienone is 1. The van der Waals surface area contributed by atoms with E-state index >= 15 is 0 Å². The Morgan fingerprint density at radius 3 is 1.94 bits per heavy atom. The van der Waals surface area contributed by atoms with Crippen molar-refractivity contribution in [2.24, 2.45) is 0 Å². The molecule has 0 amide bonds. The molecule has 0 N–H and O–H groups in total. The monoisotopic (exact) mass is 650 g/mol. The maximum Gasteiger partial charge on any atom is 0.145 e. The number of aromatic nitrogens is 2. The standard InChI is InChI=1S/C49H34N2/c1-3-14-35(15-4-1)47-41-19-9-10-20-42(41)48(39-24-23-33-13-7-8-18-37(33)31-39)43-30-27-38(32-44(43)47)34-25-28-40(29-26-34)51-46-22-12-11-21-45(46)50-49(51)36-16-5-2-6-17-36/h1-31,38H,32H2. The van der Waals surface area contributed by atoms with Crippen LogP contribution in [0, 0.1) is 0 Å². The minimum atomic E-state index is 0.243. The molecule has 1 heterocycles. The van der Waals surface area contributed by atoms with Crippen molar-refractivity contribution in [2.75, 3.05) is 0 Å². The van der Waals surface area contributed by atoms with Crippen LogP contribution in [0.2, 0.25) is 0 Å². The second-order valence-corrected chi connectivity index (χ2v) is 13.5. The topological polar surface area (TPSA) is 17.8 Å². The van der Waals surface area contributed by atoms with Crippen molar-refractivity contribution >= 4 is 38.7 Å². The first kappa shape index (κ1) is 29.4. The lowest BCUT2D eigenvalue weighted by Crippen LogP contribution is -2.10. The molecule has 1 aliphatic carbocycles. The first-order valence-corrected chi connectivity index (χ1v) is 17.7. The normalized spacial score (nSPS) is 13.9. The van der Waals surface area contributed by atoms with Crippen LogP contribution in [0.3, 0.4) is 0 Å². The van der Waals surface area contributed by atoms with E-state index in [2.05, 4.69) is 193 Å². The zero-order chi connectivity index (χ0) is 33.7. The van der Waals surface area contributed by atoms with Crippen LogP contribution in [0.25, 0.3) is 78.0 Å². The average Bonchev–Trinajstić information content (AvgIpc) is 3.60. The Balaban J connectivity index is 1.12. The molecule has 0 saturated heterocycles. The van der Waals surface area contributed by atoms with E-state index in [-0.39, 0.29) is 5.92 Å². The molecule has 51 heavy (non-hydrogen) atoms. The number of hydrogen-bond acceptors (Lipinski definition) is 1. The summed E-state index contributed by atoms with van der Waals surface area (Å²) < 4.78 is 2.29. The van der Waals surface area contributed by atoms with Crippen molar-refractivity contribution in [3.05, 3.63) is 199 Å². The Bertz CT molecular complexity index is 2750. The van der Waals surface area contributed by atoms with Crippen LogP contribution in [0.1, 0.15) is 22.6 Å². The summed E-state index contributed by atoms with van der Waals surface area (Å²) in [6.45, 7) is 0. The molecule has 2 nitrogen and oxygen atoms in total. The van der Waals surface area contributed by atoms with Crippen LogP contribution in [0.5, 0.6) is 0 Å². The molecular formula is C49H34N2. The van der Waals surface area contributed by atoms with Gasteiger partial charge in [0.15, 0.2) is 0 Å². The molecule has 240 valence electrons. The Labute approximate surface area is 297 Å². The van der Waals surface area contributed by atoms with Gasteiger partial charge in [-0.1, -0.05) is 158 Å². The maximum absolute atomic E-state index is 5.06. The summed E-state index contributed by atoms with van der Waals surface area (Å²) in [5, 5.41) is 5.12. The number of benzene rings is 8. The van der Waals surface area contributed by atoms with Gasteiger partial charge in [-0.05, 0) is 97.2 Å². The molecule has 1 aromatic heterocycles. The number of rotatable bonds is 5. The lowest BCUT2D eigenvalue weighted by molar-refractivity contribution is 0.829. The summed E-state index contributed by atoms with van der Waals surface area (Å²) in [5.41, 5.74) is 13.5. The van der Waals surface area contributed by atoms with E-state index in [0.29, 0.717) is 0 Å². The highest BCUT2D eigenvalue weighted by atomic mass is 15.1. The van der Waals surface area contributed by atoms with Crippen LogP contribution in [-0.4, -0.2) is 9.55 Å². The van der Waals surface area contributed by atoms with Gasteiger partial charge in [-0.25, -0.2) is 4.98 Å². The molecule has 1 aliphatic rings. The molecule has 0 radical (unpaired) electrons. The number of nitrogens with zero attached hydrogens (tertiary/aromatic N) is 2. The molecule has 1 atom stereocenters. The molecule has 8 aromatic carbocycles. The van der Waals surface area contributed by atoms with Crippen LogP contribution in [0.15, 0.2) is 182 Å². The highest BCUT2D eigenvalue weighted by Crippen LogP contribution is 2.47.